The molecular weight excluding hydrogens is 222 g/mol. The fourth-order valence-corrected chi connectivity index (χ4v) is 1.63. The van der Waals surface area contributed by atoms with Crippen molar-refractivity contribution in [2.45, 2.75) is 13.8 Å². The number of aromatic nitrogens is 3. The quantitative estimate of drug-likeness (QED) is 0.805. The van der Waals surface area contributed by atoms with Gasteiger partial charge in [-0.25, -0.2) is 19.3 Å². The number of aromatic amines is 1. The van der Waals surface area contributed by atoms with Gasteiger partial charge in [0.25, 0.3) is 0 Å². The molecular formula is C11H11N3O3. The minimum Gasteiger partial charge on any atom is -0.478 e. The average molecular weight is 233 g/mol. The molecule has 2 aromatic rings. The van der Waals surface area contributed by atoms with Gasteiger partial charge in [0.15, 0.2) is 0 Å². The molecule has 88 valence electrons. The lowest BCUT2D eigenvalue weighted by atomic mass is 10.0. The molecule has 0 unspecified atom stereocenters. The number of nitrogens with one attached hydrogen (secondary N) is 1. The first-order chi connectivity index (χ1) is 8.00. The van der Waals surface area contributed by atoms with Crippen LogP contribution >= 0.6 is 0 Å². The second kappa shape index (κ2) is 3.89. The smallest absolute Gasteiger partial charge is 0.347 e. The highest BCUT2D eigenvalue weighted by molar-refractivity contribution is 5.90. The van der Waals surface area contributed by atoms with E-state index in [1.807, 2.05) is 0 Å². The van der Waals surface area contributed by atoms with Crippen molar-refractivity contribution in [1.29, 1.82) is 0 Å². The highest BCUT2D eigenvalue weighted by Gasteiger charge is 2.12. The minimum absolute atomic E-state index is 0.188. The third-order valence-electron chi connectivity index (χ3n) is 2.71. The first-order valence-electron chi connectivity index (χ1n) is 4.97. The van der Waals surface area contributed by atoms with Crippen LogP contribution in [0.5, 0.6) is 0 Å². The fourth-order valence-electron chi connectivity index (χ4n) is 1.63. The van der Waals surface area contributed by atoms with E-state index in [0.717, 1.165) is 5.56 Å². The third kappa shape index (κ3) is 1.84. The van der Waals surface area contributed by atoms with Gasteiger partial charge in [-0.05, 0) is 37.1 Å². The maximum absolute atomic E-state index is 11.4. The zero-order chi connectivity index (χ0) is 12.6. The Bertz CT molecular complexity index is 640. The van der Waals surface area contributed by atoms with Crippen LogP contribution in [0.15, 0.2) is 23.3 Å². The van der Waals surface area contributed by atoms with E-state index in [1.54, 1.807) is 19.9 Å². The summed E-state index contributed by atoms with van der Waals surface area (Å²) in [6.07, 6.45) is 1.32. The zero-order valence-electron chi connectivity index (χ0n) is 9.39. The number of carboxylic acid groups (broad SMARTS) is 1. The van der Waals surface area contributed by atoms with Crippen molar-refractivity contribution in [3.05, 3.63) is 45.6 Å². The summed E-state index contributed by atoms with van der Waals surface area (Å²) < 4.78 is 1.26. The van der Waals surface area contributed by atoms with Gasteiger partial charge < -0.3 is 5.11 Å². The number of hydrogen-bond acceptors (Lipinski definition) is 3. The highest BCUT2D eigenvalue weighted by atomic mass is 16.4. The molecule has 0 aliphatic rings. The summed E-state index contributed by atoms with van der Waals surface area (Å²) in [7, 11) is 0. The van der Waals surface area contributed by atoms with Crippen LogP contribution in [0.3, 0.4) is 0 Å². The van der Waals surface area contributed by atoms with Gasteiger partial charge in [0.2, 0.25) is 0 Å². The van der Waals surface area contributed by atoms with Crippen LogP contribution < -0.4 is 5.69 Å². The fraction of sp³-hybridized carbons (Fsp3) is 0.182. The Labute approximate surface area is 96.5 Å². The van der Waals surface area contributed by atoms with E-state index < -0.39 is 11.7 Å². The van der Waals surface area contributed by atoms with E-state index in [9.17, 15) is 9.59 Å². The van der Waals surface area contributed by atoms with Gasteiger partial charge in [0.05, 0.1) is 11.3 Å². The lowest BCUT2D eigenvalue weighted by molar-refractivity contribution is 0.0696. The molecule has 17 heavy (non-hydrogen) atoms. The molecule has 0 atom stereocenters. The number of nitrogens with zero attached hydrogens (tertiary/aromatic N) is 2. The summed E-state index contributed by atoms with van der Waals surface area (Å²) in [5, 5.41) is 14.9. The molecule has 0 fully saturated rings. The van der Waals surface area contributed by atoms with Crippen molar-refractivity contribution < 1.29 is 9.90 Å². The van der Waals surface area contributed by atoms with Crippen LogP contribution in [-0.2, 0) is 0 Å². The molecule has 0 saturated heterocycles. The maximum atomic E-state index is 11.4. The molecule has 1 heterocycles. The van der Waals surface area contributed by atoms with Crippen LogP contribution in [0.4, 0.5) is 0 Å². The third-order valence-corrected chi connectivity index (χ3v) is 2.71. The summed E-state index contributed by atoms with van der Waals surface area (Å²) in [4.78, 5) is 22.5. The Hall–Kier alpha value is -2.37. The number of benzene rings is 1. The van der Waals surface area contributed by atoms with Crippen LogP contribution in [0.25, 0.3) is 5.69 Å². The Kier molecular flexibility index (Phi) is 2.55. The lowest BCUT2D eigenvalue weighted by Gasteiger charge is -2.08. The zero-order valence-corrected chi connectivity index (χ0v) is 9.39. The summed E-state index contributed by atoms with van der Waals surface area (Å²) >= 11 is 0. The van der Waals surface area contributed by atoms with Crippen molar-refractivity contribution in [3.8, 4) is 5.69 Å². The number of H-pyrrole nitrogens is 1. The van der Waals surface area contributed by atoms with E-state index in [-0.39, 0.29) is 5.56 Å². The van der Waals surface area contributed by atoms with E-state index in [4.69, 9.17) is 5.11 Å². The first-order valence-corrected chi connectivity index (χ1v) is 4.97. The van der Waals surface area contributed by atoms with E-state index in [1.165, 1.54) is 17.0 Å². The Morgan fingerprint density at radius 3 is 2.65 bits per heavy atom. The maximum Gasteiger partial charge on any atom is 0.347 e. The monoisotopic (exact) mass is 233 g/mol. The molecule has 0 saturated carbocycles. The molecule has 6 nitrogen and oxygen atoms in total. The normalized spacial score (nSPS) is 10.5. The largest absolute Gasteiger partial charge is 0.478 e. The molecule has 0 amide bonds. The second-order valence-corrected chi connectivity index (χ2v) is 3.77. The number of carbonyl (C=O) groups is 1. The summed E-state index contributed by atoms with van der Waals surface area (Å²) in [6, 6.07) is 3.21. The molecule has 2 N–H and O–H groups in total. The van der Waals surface area contributed by atoms with Crippen molar-refractivity contribution >= 4 is 5.97 Å². The summed E-state index contributed by atoms with van der Waals surface area (Å²) in [6.45, 7) is 3.54. The topological polar surface area (TPSA) is 88.0 Å². The molecule has 6 heteroatoms. The molecule has 1 aromatic heterocycles. The molecule has 2 rings (SSSR count). The first kappa shape index (κ1) is 11.1. The number of carboxylic acids is 1. The number of rotatable bonds is 2. The number of hydrogen-bond donors (Lipinski definition) is 2. The molecule has 0 aliphatic heterocycles. The predicted molar refractivity (Wildman–Crippen MR) is 60.6 cm³/mol. The van der Waals surface area contributed by atoms with Crippen LogP contribution in [-0.4, -0.2) is 25.8 Å². The molecule has 0 spiro atoms. The Morgan fingerprint density at radius 1 is 1.41 bits per heavy atom. The van der Waals surface area contributed by atoms with Gasteiger partial charge in [0, 0.05) is 0 Å². The van der Waals surface area contributed by atoms with Crippen LogP contribution in [0.1, 0.15) is 21.5 Å². The van der Waals surface area contributed by atoms with E-state index >= 15 is 0 Å². The lowest BCUT2D eigenvalue weighted by Crippen LogP contribution is -2.15. The van der Waals surface area contributed by atoms with Crippen LogP contribution in [0.2, 0.25) is 0 Å². The van der Waals surface area contributed by atoms with Gasteiger partial charge in [-0.3, -0.25) is 0 Å². The second-order valence-electron chi connectivity index (χ2n) is 3.77. The Balaban J connectivity index is 2.70. The Morgan fingerprint density at radius 2 is 2.12 bits per heavy atom. The van der Waals surface area contributed by atoms with E-state index in [0.29, 0.717) is 11.3 Å². The summed E-state index contributed by atoms with van der Waals surface area (Å²) in [5.41, 5.74) is 1.78. The molecule has 1 aromatic carbocycles. The van der Waals surface area contributed by atoms with Crippen molar-refractivity contribution in [1.82, 2.24) is 14.8 Å². The van der Waals surface area contributed by atoms with Gasteiger partial charge >= 0.3 is 11.7 Å². The minimum atomic E-state index is -1.01. The SMILES string of the molecule is Cc1cc(-n2cn[nH]c2=O)cc(C(=O)O)c1C. The van der Waals surface area contributed by atoms with Crippen molar-refractivity contribution in [2.24, 2.45) is 0 Å². The van der Waals surface area contributed by atoms with Gasteiger partial charge in [-0.15, -0.1) is 0 Å². The van der Waals surface area contributed by atoms with Crippen molar-refractivity contribution in [3.63, 3.8) is 0 Å². The molecule has 0 bridgehead atoms. The predicted octanol–water partition coefficient (Wildman–Crippen LogP) is 0.876. The number of aromatic carboxylic acids is 1. The van der Waals surface area contributed by atoms with Gasteiger partial charge in [-0.1, -0.05) is 0 Å². The highest BCUT2D eigenvalue weighted by Crippen LogP contribution is 2.18. The molecule has 0 radical (unpaired) electrons. The number of aryl methyl sites for hydroxylation is 1. The summed E-state index contributed by atoms with van der Waals surface area (Å²) in [5.74, 6) is -1.01. The van der Waals surface area contributed by atoms with Crippen LogP contribution in [0, 0.1) is 13.8 Å². The van der Waals surface area contributed by atoms with Crippen molar-refractivity contribution in [2.75, 3.05) is 0 Å². The van der Waals surface area contributed by atoms with Gasteiger partial charge in [-0.2, -0.15) is 5.10 Å². The van der Waals surface area contributed by atoms with Gasteiger partial charge in [0.1, 0.15) is 6.33 Å². The molecule has 0 aliphatic carbocycles. The van der Waals surface area contributed by atoms with E-state index in [2.05, 4.69) is 10.2 Å². The standard InChI is InChI=1S/C11H11N3O3/c1-6-3-8(14-5-12-13-11(14)17)4-9(7(6)2)10(15)16/h3-5H,1-2H3,(H,13,17)(H,15,16). The average Bonchev–Trinajstić information content (AvgIpc) is 2.68.